The van der Waals surface area contributed by atoms with Crippen LogP contribution < -0.4 is 0 Å². The third-order valence-electron chi connectivity index (χ3n) is 1.57. The van der Waals surface area contributed by atoms with E-state index in [4.69, 9.17) is 0 Å². The lowest BCUT2D eigenvalue weighted by atomic mass is 10.2. The first-order valence-corrected chi connectivity index (χ1v) is 5.13. The molecule has 0 amide bonds. The van der Waals surface area contributed by atoms with E-state index in [9.17, 15) is 5.11 Å². The highest BCUT2D eigenvalue weighted by Crippen LogP contribution is 2.22. The molecule has 1 aromatic heterocycles. The molecule has 0 aliphatic heterocycles. The number of fused-ring (bicyclic) bond motifs is 1. The summed E-state index contributed by atoms with van der Waals surface area (Å²) in [7, 11) is 0. The zero-order valence-corrected chi connectivity index (χ0v) is 9.33. The van der Waals surface area contributed by atoms with Crippen molar-refractivity contribution in [2.24, 2.45) is 0 Å². The zero-order chi connectivity index (χ0) is 11.0. The second-order valence-electron chi connectivity index (χ2n) is 2.22. The van der Waals surface area contributed by atoms with E-state index in [1.54, 1.807) is 6.20 Å². The van der Waals surface area contributed by atoms with Gasteiger partial charge in [-0.05, 0) is 12.1 Å². The summed E-state index contributed by atoms with van der Waals surface area (Å²) in [6, 6.07) is 7.63. The summed E-state index contributed by atoms with van der Waals surface area (Å²) in [6.07, 6.45) is 1.59. The van der Waals surface area contributed by atoms with E-state index in [2.05, 4.69) is 4.98 Å². The van der Waals surface area contributed by atoms with Crippen molar-refractivity contribution in [1.29, 1.82) is 0 Å². The highest BCUT2D eigenvalue weighted by molar-refractivity contribution is 5.85. The van der Waals surface area contributed by atoms with Crippen LogP contribution in [0.15, 0.2) is 30.5 Å². The molecule has 0 aliphatic carbocycles. The molecule has 0 fully saturated rings. The molecule has 14 heavy (non-hydrogen) atoms. The maximum absolute atomic E-state index is 9.18. The van der Waals surface area contributed by atoms with Gasteiger partial charge in [-0.2, -0.15) is 0 Å². The Hall–Kier alpha value is -1.44. The number of aromatic hydroxyl groups is 1. The monoisotopic (exact) mass is 195 g/mol. The van der Waals surface area contributed by atoms with Crippen LogP contribution in [-0.4, -0.2) is 10.1 Å². The lowest BCUT2D eigenvalue weighted by molar-refractivity contribution is 0.481. The van der Waals surface area contributed by atoms with E-state index in [1.165, 1.54) is 0 Å². The van der Waals surface area contributed by atoms with Crippen LogP contribution >= 0.6 is 0 Å². The number of para-hydroxylation sites is 1. The molecular weight excluding hydrogens is 174 g/mol. The van der Waals surface area contributed by atoms with Gasteiger partial charge in [0.05, 0.1) is 0 Å². The van der Waals surface area contributed by atoms with Gasteiger partial charge in [0.15, 0.2) is 0 Å². The minimum Gasteiger partial charge on any atom is -0.506 e. The van der Waals surface area contributed by atoms with Crippen LogP contribution in [0.2, 0.25) is 0 Å². The number of nitrogens with one attached hydrogen (secondary N) is 1. The third-order valence-corrected chi connectivity index (χ3v) is 1.57. The molecule has 0 radical (unpaired) electrons. The molecule has 0 unspecified atom stereocenters. The first kappa shape index (κ1) is 12.6. The number of hydrogen-bond donors (Lipinski definition) is 2. The van der Waals surface area contributed by atoms with E-state index in [1.807, 2.05) is 52.0 Å². The fraction of sp³-hybridized carbons (Fsp3) is 0.333. The lowest BCUT2D eigenvalue weighted by Gasteiger charge is -1.86. The molecule has 1 aromatic carbocycles. The second kappa shape index (κ2) is 7.01. The van der Waals surface area contributed by atoms with Gasteiger partial charge in [-0.3, -0.25) is 0 Å². The Bertz CT molecular complexity index is 357. The minimum atomic E-state index is 0. The standard InChI is InChI=1S/C8H7NO.2C2H6.H2/c10-8-5-9-7-4-2-1-3-6(7)8;2*1-2;/h1-5,9-10H;2*1-2H3;1H. The Balaban J connectivity index is 0. The van der Waals surface area contributed by atoms with Crippen molar-refractivity contribution in [3.8, 4) is 5.75 Å². The topological polar surface area (TPSA) is 36.0 Å². The average molecular weight is 195 g/mol. The molecular formula is C12H21NO. The van der Waals surface area contributed by atoms with Crippen LogP contribution in [0, 0.1) is 0 Å². The van der Waals surface area contributed by atoms with Crippen molar-refractivity contribution in [2.45, 2.75) is 27.7 Å². The SMILES string of the molecule is CC.CC.Oc1c[nH]c2ccccc12.[HH]. The van der Waals surface area contributed by atoms with E-state index in [-0.39, 0.29) is 1.43 Å². The van der Waals surface area contributed by atoms with Crippen molar-refractivity contribution in [3.05, 3.63) is 30.5 Å². The number of benzene rings is 1. The van der Waals surface area contributed by atoms with Crippen molar-refractivity contribution in [3.63, 3.8) is 0 Å². The van der Waals surface area contributed by atoms with Gasteiger partial charge in [-0.15, -0.1) is 0 Å². The fourth-order valence-electron chi connectivity index (χ4n) is 1.06. The van der Waals surface area contributed by atoms with Gasteiger partial charge in [0.25, 0.3) is 0 Å². The third kappa shape index (κ3) is 2.80. The number of rotatable bonds is 0. The first-order chi connectivity index (χ1) is 6.88. The van der Waals surface area contributed by atoms with Gasteiger partial charge in [0.2, 0.25) is 0 Å². The quantitative estimate of drug-likeness (QED) is 0.650. The Morgan fingerprint density at radius 2 is 1.64 bits per heavy atom. The number of aromatic nitrogens is 1. The zero-order valence-electron chi connectivity index (χ0n) is 9.33. The van der Waals surface area contributed by atoms with Crippen LogP contribution in [0.3, 0.4) is 0 Å². The molecule has 0 spiro atoms. The molecule has 2 aromatic rings. The smallest absolute Gasteiger partial charge is 0.140 e. The number of hydrogen-bond acceptors (Lipinski definition) is 1. The summed E-state index contributed by atoms with van der Waals surface area (Å²) < 4.78 is 0. The van der Waals surface area contributed by atoms with Crippen LogP contribution in [0.1, 0.15) is 29.1 Å². The van der Waals surface area contributed by atoms with Crippen molar-refractivity contribution >= 4 is 10.9 Å². The fourth-order valence-corrected chi connectivity index (χ4v) is 1.06. The maximum Gasteiger partial charge on any atom is 0.140 e. The average Bonchev–Trinajstić information content (AvgIpc) is 2.67. The molecule has 0 saturated heterocycles. The van der Waals surface area contributed by atoms with E-state index in [0.29, 0.717) is 5.75 Å². The Kier molecular flexibility index (Phi) is 6.29. The molecule has 2 N–H and O–H groups in total. The summed E-state index contributed by atoms with van der Waals surface area (Å²) >= 11 is 0. The molecule has 0 aliphatic rings. The highest BCUT2D eigenvalue weighted by atomic mass is 16.3. The van der Waals surface area contributed by atoms with Crippen LogP contribution in [-0.2, 0) is 0 Å². The molecule has 0 bridgehead atoms. The first-order valence-electron chi connectivity index (χ1n) is 5.13. The van der Waals surface area contributed by atoms with Gasteiger partial charge in [-0.1, -0.05) is 39.8 Å². The molecule has 2 rings (SSSR count). The van der Waals surface area contributed by atoms with Crippen LogP contribution in [0.25, 0.3) is 10.9 Å². The molecule has 1 heterocycles. The Labute approximate surface area is 87.1 Å². The molecule has 80 valence electrons. The predicted octanol–water partition coefficient (Wildman–Crippen LogP) is 4.17. The van der Waals surface area contributed by atoms with Gasteiger partial charge in [0.1, 0.15) is 5.75 Å². The van der Waals surface area contributed by atoms with Crippen molar-refractivity contribution < 1.29 is 6.53 Å². The lowest BCUT2D eigenvalue weighted by Crippen LogP contribution is -1.62. The summed E-state index contributed by atoms with van der Waals surface area (Å²) in [5.41, 5.74) is 0.972. The van der Waals surface area contributed by atoms with Gasteiger partial charge in [0, 0.05) is 18.5 Å². The predicted molar refractivity (Wildman–Crippen MR) is 64.8 cm³/mol. The van der Waals surface area contributed by atoms with E-state index in [0.717, 1.165) is 10.9 Å². The molecule has 2 heteroatoms. The Morgan fingerprint density at radius 1 is 1.07 bits per heavy atom. The van der Waals surface area contributed by atoms with Crippen molar-refractivity contribution in [1.82, 2.24) is 4.98 Å². The van der Waals surface area contributed by atoms with Crippen LogP contribution in [0.5, 0.6) is 5.75 Å². The largest absolute Gasteiger partial charge is 0.506 e. The summed E-state index contributed by atoms with van der Waals surface area (Å²) in [5.74, 6) is 0.315. The van der Waals surface area contributed by atoms with Gasteiger partial charge < -0.3 is 10.1 Å². The number of aromatic amines is 1. The summed E-state index contributed by atoms with van der Waals surface area (Å²) in [5, 5.41) is 10.1. The van der Waals surface area contributed by atoms with E-state index < -0.39 is 0 Å². The molecule has 2 nitrogen and oxygen atoms in total. The minimum absolute atomic E-state index is 0. The van der Waals surface area contributed by atoms with Crippen molar-refractivity contribution in [2.75, 3.05) is 0 Å². The summed E-state index contributed by atoms with van der Waals surface area (Å²) in [4.78, 5) is 2.94. The normalized spacial score (nSPS) is 8.29. The maximum atomic E-state index is 9.18. The van der Waals surface area contributed by atoms with Crippen LogP contribution in [0.4, 0.5) is 0 Å². The van der Waals surface area contributed by atoms with Gasteiger partial charge >= 0.3 is 0 Å². The number of H-pyrrole nitrogens is 1. The summed E-state index contributed by atoms with van der Waals surface area (Å²) in [6.45, 7) is 8.00. The Morgan fingerprint density at radius 3 is 2.21 bits per heavy atom. The second-order valence-corrected chi connectivity index (χ2v) is 2.22. The molecule has 0 atom stereocenters. The van der Waals surface area contributed by atoms with Gasteiger partial charge in [-0.25, -0.2) is 0 Å². The highest BCUT2D eigenvalue weighted by Gasteiger charge is 1.97. The van der Waals surface area contributed by atoms with E-state index >= 15 is 0 Å². The molecule has 0 saturated carbocycles.